The highest BCUT2D eigenvalue weighted by molar-refractivity contribution is 5.94. The summed E-state index contributed by atoms with van der Waals surface area (Å²) in [5.41, 5.74) is -1.52. The fourth-order valence-corrected chi connectivity index (χ4v) is 1.90. The second-order valence-corrected chi connectivity index (χ2v) is 4.77. The molecule has 6 nitrogen and oxygen atoms in total. The average Bonchev–Trinajstić information content (AvgIpc) is 2.55. The molecular formula is C15H14F3N3O3. The van der Waals surface area contributed by atoms with Crippen molar-refractivity contribution in [2.75, 3.05) is 13.7 Å². The number of halogens is 3. The summed E-state index contributed by atoms with van der Waals surface area (Å²) < 4.78 is 43.4. The van der Waals surface area contributed by atoms with E-state index in [9.17, 15) is 22.8 Å². The molecule has 1 N–H and O–H groups in total. The van der Waals surface area contributed by atoms with Crippen LogP contribution < -0.4 is 15.6 Å². The van der Waals surface area contributed by atoms with Gasteiger partial charge in [-0.2, -0.15) is 18.3 Å². The minimum Gasteiger partial charge on any atom is -0.497 e. The van der Waals surface area contributed by atoms with Gasteiger partial charge in [-0.05, 0) is 24.3 Å². The van der Waals surface area contributed by atoms with Gasteiger partial charge in [0.05, 0.1) is 13.7 Å². The molecule has 2 rings (SSSR count). The van der Waals surface area contributed by atoms with E-state index in [0.29, 0.717) is 22.1 Å². The fourth-order valence-electron chi connectivity index (χ4n) is 1.90. The summed E-state index contributed by atoms with van der Waals surface area (Å²) in [5, 5.41) is 5.76. The van der Waals surface area contributed by atoms with Crippen molar-refractivity contribution in [3.8, 4) is 5.75 Å². The summed E-state index contributed by atoms with van der Waals surface area (Å²) in [5.74, 6) is 0.0624. The van der Waals surface area contributed by atoms with Crippen LogP contribution in [0.3, 0.4) is 0 Å². The molecule has 0 aliphatic rings. The molecular weight excluding hydrogens is 327 g/mol. The Kier molecular flexibility index (Phi) is 5.22. The maximum atomic E-state index is 12.6. The van der Waals surface area contributed by atoms with E-state index in [2.05, 4.69) is 10.4 Å². The van der Waals surface area contributed by atoms with E-state index in [1.807, 2.05) is 0 Å². The minimum atomic E-state index is -4.64. The summed E-state index contributed by atoms with van der Waals surface area (Å²) >= 11 is 0. The van der Waals surface area contributed by atoms with Crippen molar-refractivity contribution in [2.45, 2.75) is 12.7 Å². The minimum absolute atomic E-state index is 0.0513. The number of hydrogen-bond acceptors (Lipinski definition) is 4. The van der Waals surface area contributed by atoms with E-state index >= 15 is 0 Å². The first-order valence-electron chi connectivity index (χ1n) is 6.89. The largest absolute Gasteiger partial charge is 0.497 e. The molecule has 0 bridgehead atoms. The summed E-state index contributed by atoms with van der Waals surface area (Å²) in [6, 6.07) is 7.79. The number of benzene rings is 1. The molecule has 0 spiro atoms. The van der Waals surface area contributed by atoms with Crippen LogP contribution in [0.2, 0.25) is 0 Å². The van der Waals surface area contributed by atoms with Crippen molar-refractivity contribution in [1.29, 1.82) is 0 Å². The Morgan fingerprint density at radius 2 is 2.04 bits per heavy atom. The Hall–Kier alpha value is -2.84. The molecule has 0 saturated heterocycles. The standard InChI is InChI=1S/C15H14F3N3O3/c1-24-11-4-2-3-10(9-11)14(23)19-7-8-21-13(22)6-5-12(20-21)15(16,17)18/h2-6,9H,7-8H2,1H3,(H,19,23). The predicted molar refractivity (Wildman–Crippen MR) is 78.8 cm³/mol. The molecule has 0 aliphatic heterocycles. The second kappa shape index (κ2) is 7.16. The topological polar surface area (TPSA) is 73.2 Å². The van der Waals surface area contributed by atoms with Gasteiger partial charge in [-0.15, -0.1) is 0 Å². The van der Waals surface area contributed by atoms with Gasteiger partial charge in [0.2, 0.25) is 0 Å². The van der Waals surface area contributed by atoms with Gasteiger partial charge in [-0.3, -0.25) is 9.59 Å². The summed E-state index contributed by atoms with van der Waals surface area (Å²) in [6.45, 7) is -0.233. The van der Waals surface area contributed by atoms with Crippen LogP contribution in [-0.2, 0) is 12.7 Å². The Labute approximate surface area is 134 Å². The fraction of sp³-hybridized carbons (Fsp3) is 0.267. The number of carbonyl (C=O) groups excluding carboxylic acids is 1. The first-order chi connectivity index (χ1) is 11.3. The van der Waals surface area contributed by atoms with Gasteiger partial charge in [-0.1, -0.05) is 6.07 Å². The van der Waals surface area contributed by atoms with E-state index in [1.54, 1.807) is 18.2 Å². The molecule has 1 amide bonds. The number of alkyl halides is 3. The van der Waals surface area contributed by atoms with Gasteiger partial charge < -0.3 is 10.1 Å². The molecule has 9 heteroatoms. The number of nitrogens with one attached hydrogen (secondary N) is 1. The lowest BCUT2D eigenvalue weighted by Crippen LogP contribution is -2.33. The Morgan fingerprint density at radius 3 is 2.71 bits per heavy atom. The summed E-state index contributed by atoms with van der Waals surface area (Å²) in [4.78, 5) is 23.5. The SMILES string of the molecule is COc1cccc(C(=O)NCCn2nc(C(F)(F)F)ccc2=O)c1. The van der Waals surface area contributed by atoms with Gasteiger partial charge in [0.15, 0.2) is 5.69 Å². The van der Waals surface area contributed by atoms with E-state index in [0.717, 1.165) is 6.07 Å². The number of ether oxygens (including phenoxy) is 1. The van der Waals surface area contributed by atoms with Gasteiger partial charge in [-0.25, -0.2) is 4.68 Å². The first kappa shape index (κ1) is 17.5. The Bertz CT molecular complexity index is 787. The quantitative estimate of drug-likeness (QED) is 0.898. The van der Waals surface area contributed by atoms with Crippen LogP contribution in [0.1, 0.15) is 16.1 Å². The Balaban J connectivity index is 2.01. The predicted octanol–water partition coefficient (Wildman–Crippen LogP) is 1.70. The first-order valence-corrected chi connectivity index (χ1v) is 6.89. The smallest absolute Gasteiger partial charge is 0.435 e. The molecule has 1 aromatic heterocycles. The average molecular weight is 341 g/mol. The van der Waals surface area contributed by atoms with Crippen molar-refractivity contribution >= 4 is 5.91 Å². The van der Waals surface area contributed by atoms with Crippen LogP contribution in [0.4, 0.5) is 13.2 Å². The number of aromatic nitrogens is 2. The molecule has 0 saturated carbocycles. The van der Waals surface area contributed by atoms with Crippen LogP contribution >= 0.6 is 0 Å². The van der Waals surface area contributed by atoms with Crippen molar-refractivity contribution < 1.29 is 22.7 Å². The molecule has 24 heavy (non-hydrogen) atoms. The highest BCUT2D eigenvalue weighted by atomic mass is 19.4. The lowest BCUT2D eigenvalue weighted by molar-refractivity contribution is -0.142. The van der Waals surface area contributed by atoms with Gasteiger partial charge >= 0.3 is 6.18 Å². The third kappa shape index (κ3) is 4.34. The van der Waals surface area contributed by atoms with E-state index in [4.69, 9.17) is 4.74 Å². The van der Waals surface area contributed by atoms with E-state index in [1.165, 1.54) is 13.2 Å². The van der Waals surface area contributed by atoms with Crippen molar-refractivity contribution in [3.05, 3.63) is 58.0 Å². The van der Waals surface area contributed by atoms with Crippen LogP contribution in [-0.4, -0.2) is 29.3 Å². The van der Waals surface area contributed by atoms with Gasteiger partial charge in [0, 0.05) is 18.2 Å². The summed E-state index contributed by atoms with van der Waals surface area (Å²) in [7, 11) is 1.46. The number of nitrogens with zero attached hydrogens (tertiary/aromatic N) is 2. The van der Waals surface area contributed by atoms with Crippen molar-refractivity contribution in [3.63, 3.8) is 0 Å². The number of rotatable bonds is 5. The molecule has 1 aromatic carbocycles. The molecule has 0 fully saturated rings. The van der Waals surface area contributed by atoms with Gasteiger partial charge in [0.1, 0.15) is 5.75 Å². The molecule has 0 aliphatic carbocycles. The van der Waals surface area contributed by atoms with Crippen LogP contribution in [0.15, 0.2) is 41.2 Å². The Morgan fingerprint density at radius 1 is 1.29 bits per heavy atom. The lowest BCUT2D eigenvalue weighted by atomic mass is 10.2. The van der Waals surface area contributed by atoms with Crippen LogP contribution in [0.25, 0.3) is 0 Å². The molecule has 0 radical (unpaired) electrons. The van der Waals surface area contributed by atoms with Crippen molar-refractivity contribution in [1.82, 2.24) is 15.1 Å². The van der Waals surface area contributed by atoms with Gasteiger partial charge in [0.25, 0.3) is 11.5 Å². The zero-order valence-electron chi connectivity index (χ0n) is 12.6. The monoisotopic (exact) mass is 341 g/mol. The highest BCUT2D eigenvalue weighted by Crippen LogP contribution is 2.26. The molecule has 0 unspecified atom stereocenters. The van der Waals surface area contributed by atoms with Crippen LogP contribution in [0, 0.1) is 0 Å². The number of carbonyl (C=O) groups is 1. The molecule has 1 heterocycles. The molecule has 128 valence electrons. The zero-order valence-corrected chi connectivity index (χ0v) is 12.6. The second-order valence-electron chi connectivity index (χ2n) is 4.77. The number of hydrogen-bond donors (Lipinski definition) is 1. The molecule has 0 atom stereocenters. The van der Waals surface area contributed by atoms with Crippen LogP contribution in [0.5, 0.6) is 5.75 Å². The highest BCUT2D eigenvalue weighted by Gasteiger charge is 2.33. The number of methoxy groups -OCH3 is 1. The number of amides is 1. The third-order valence-electron chi connectivity index (χ3n) is 3.10. The zero-order chi connectivity index (χ0) is 17.7. The summed E-state index contributed by atoms with van der Waals surface area (Å²) in [6.07, 6.45) is -4.64. The maximum absolute atomic E-state index is 12.6. The molecule has 2 aromatic rings. The lowest BCUT2D eigenvalue weighted by Gasteiger charge is -2.10. The third-order valence-corrected chi connectivity index (χ3v) is 3.10. The van der Waals surface area contributed by atoms with E-state index in [-0.39, 0.29) is 13.1 Å². The maximum Gasteiger partial charge on any atom is 0.435 e. The normalized spacial score (nSPS) is 11.2. The van der Waals surface area contributed by atoms with E-state index < -0.39 is 23.3 Å². The van der Waals surface area contributed by atoms with Crippen molar-refractivity contribution in [2.24, 2.45) is 0 Å².